The number of thiol groups is 1. The minimum Gasteiger partial charge on any atom is -0.497 e. The molecule has 0 bridgehead atoms. The number of ether oxygens (including phenoxy) is 1. The summed E-state index contributed by atoms with van der Waals surface area (Å²) in [7, 11) is 1.59. The summed E-state index contributed by atoms with van der Waals surface area (Å²) in [5, 5.41) is 17.7. The molecule has 33 heavy (non-hydrogen) atoms. The molecule has 3 aromatic carbocycles. The maximum atomic E-state index is 12.7. The van der Waals surface area contributed by atoms with Crippen molar-refractivity contribution < 1.29 is 14.1 Å². The van der Waals surface area contributed by atoms with Gasteiger partial charge < -0.3 is 19.5 Å². The molecule has 7 nitrogen and oxygen atoms in total. The van der Waals surface area contributed by atoms with E-state index in [2.05, 4.69) is 23.1 Å². The van der Waals surface area contributed by atoms with Crippen molar-refractivity contribution in [2.75, 3.05) is 12.0 Å². The Labute approximate surface area is 195 Å². The number of methoxy groups -OCH3 is 1. The lowest BCUT2D eigenvalue weighted by molar-refractivity contribution is -0.118. The molecule has 8 heteroatoms. The third-order valence-corrected chi connectivity index (χ3v) is 5.96. The van der Waals surface area contributed by atoms with Crippen LogP contribution in [0.15, 0.2) is 87.9 Å². The molecule has 0 aliphatic carbocycles. The van der Waals surface area contributed by atoms with Gasteiger partial charge in [0.1, 0.15) is 29.1 Å². The van der Waals surface area contributed by atoms with Gasteiger partial charge in [-0.2, -0.15) is 5.26 Å². The monoisotopic (exact) mass is 454 g/mol. The number of nitrogens with one attached hydrogen (secondary N) is 1. The average molecular weight is 455 g/mol. The standard InChI is InChI=1S/C25H18N4O3S/c1-31-18-10-8-17(9-11-18)29-23(27-24(30)20(14-26)25(29)33)16-7-12-21-19(13-16)22(32-28-21)15-5-3-2-4-6-15/h2-13,23,33H,1H3,(H,27,30). The molecule has 4 aromatic rings. The molecule has 1 amide bonds. The van der Waals surface area contributed by atoms with Crippen molar-refractivity contribution >= 4 is 35.1 Å². The Bertz CT molecular complexity index is 1420. The molecule has 0 fully saturated rings. The zero-order valence-corrected chi connectivity index (χ0v) is 18.4. The topological polar surface area (TPSA) is 91.4 Å². The Morgan fingerprint density at radius 1 is 1.12 bits per heavy atom. The van der Waals surface area contributed by atoms with Gasteiger partial charge in [0.05, 0.1) is 17.5 Å². The summed E-state index contributed by atoms with van der Waals surface area (Å²) in [4.78, 5) is 14.5. The van der Waals surface area contributed by atoms with Crippen LogP contribution in [-0.2, 0) is 4.79 Å². The molecule has 0 radical (unpaired) electrons. The summed E-state index contributed by atoms with van der Waals surface area (Å²) in [5.41, 5.74) is 3.08. The molecule has 2 heterocycles. The molecule has 1 unspecified atom stereocenters. The molecule has 5 rings (SSSR count). The Balaban J connectivity index is 1.65. The van der Waals surface area contributed by atoms with Crippen molar-refractivity contribution in [2.24, 2.45) is 0 Å². The molecular formula is C25H18N4O3S. The smallest absolute Gasteiger partial charge is 0.266 e. The Morgan fingerprint density at radius 2 is 1.88 bits per heavy atom. The van der Waals surface area contributed by atoms with Gasteiger partial charge in [0.25, 0.3) is 5.91 Å². The van der Waals surface area contributed by atoms with Crippen LogP contribution in [0.1, 0.15) is 11.7 Å². The molecule has 1 aliphatic heterocycles. The Morgan fingerprint density at radius 3 is 2.58 bits per heavy atom. The van der Waals surface area contributed by atoms with Gasteiger partial charge in [-0.1, -0.05) is 41.6 Å². The van der Waals surface area contributed by atoms with E-state index in [1.54, 1.807) is 12.0 Å². The number of hydrogen-bond donors (Lipinski definition) is 2. The van der Waals surface area contributed by atoms with E-state index in [0.29, 0.717) is 17.0 Å². The number of benzene rings is 3. The fourth-order valence-electron chi connectivity index (χ4n) is 3.88. The van der Waals surface area contributed by atoms with E-state index >= 15 is 0 Å². The second-order valence-corrected chi connectivity index (χ2v) is 7.83. The van der Waals surface area contributed by atoms with Crippen LogP contribution >= 0.6 is 12.6 Å². The molecule has 0 saturated carbocycles. The molecular weight excluding hydrogens is 436 g/mol. The van der Waals surface area contributed by atoms with Gasteiger partial charge >= 0.3 is 0 Å². The Kier molecular flexibility index (Phi) is 5.24. The van der Waals surface area contributed by atoms with E-state index in [9.17, 15) is 10.1 Å². The number of hydrogen-bond acceptors (Lipinski definition) is 7. The van der Waals surface area contributed by atoms with Crippen molar-refractivity contribution in [2.45, 2.75) is 6.17 Å². The second kappa shape index (κ2) is 8.37. The lowest BCUT2D eigenvalue weighted by Crippen LogP contribution is -2.46. The van der Waals surface area contributed by atoms with Gasteiger partial charge in [0.2, 0.25) is 0 Å². The first-order chi connectivity index (χ1) is 16.1. The van der Waals surface area contributed by atoms with E-state index in [1.165, 1.54) is 0 Å². The molecule has 1 N–H and O–H groups in total. The molecule has 1 aliphatic rings. The molecule has 1 atom stereocenters. The highest BCUT2D eigenvalue weighted by atomic mass is 32.1. The Hall–Kier alpha value is -4.22. The van der Waals surface area contributed by atoms with E-state index in [0.717, 1.165) is 22.2 Å². The lowest BCUT2D eigenvalue weighted by Gasteiger charge is -2.38. The van der Waals surface area contributed by atoms with Crippen LogP contribution in [0.25, 0.3) is 22.2 Å². The third kappa shape index (κ3) is 3.58. The lowest BCUT2D eigenvalue weighted by atomic mass is 10.0. The molecule has 0 spiro atoms. The van der Waals surface area contributed by atoms with Gasteiger partial charge in [-0.05, 0) is 42.0 Å². The van der Waals surface area contributed by atoms with Crippen LogP contribution in [0.2, 0.25) is 0 Å². The second-order valence-electron chi connectivity index (χ2n) is 7.41. The predicted octanol–water partition coefficient (Wildman–Crippen LogP) is 4.80. The van der Waals surface area contributed by atoms with E-state index in [-0.39, 0.29) is 10.6 Å². The van der Waals surface area contributed by atoms with Gasteiger partial charge in [-0.15, -0.1) is 12.6 Å². The predicted molar refractivity (Wildman–Crippen MR) is 127 cm³/mol. The number of carbonyl (C=O) groups is 1. The largest absolute Gasteiger partial charge is 0.497 e. The SMILES string of the molecule is COc1ccc(N2C(S)=C(C#N)C(=O)NC2c2ccc3noc(-c4ccccc4)c3c2)cc1. The van der Waals surface area contributed by atoms with Crippen molar-refractivity contribution in [1.29, 1.82) is 5.26 Å². The summed E-state index contributed by atoms with van der Waals surface area (Å²) in [6.07, 6.45) is -0.599. The van der Waals surface area contributed by atoms with Crippen LogP contribution < -0.4 is 15.0 Å². The first kappa shape index (κ1) is 20.7. The zero-order valence-electron chi connectivity index (χ0n) is 17.5. The maximum Gasteiger partial charge on any atom is 0.266 e. The summed E-state index contributed by atoms with van der Waals surface area (Å²) >= 11 is 4.56. The first-order valence-corrected chi connectivity index (χ1v) is 10.6. The highest BCUT2D eigenvalue weighted by Crippen LogP contribution is 2.38. The number of nitriles is 1. The first-order valence-electron chi connectivity index (χ1n) is 10.1. The number of amides is 1. The van der Waals surface area contributed by atoms with Crippen LogP contribution in [0.4, 0.5) is 5.69 Å². The molecule has 1 aromatic heterocycles. The fraction of sp³-hybridized carbons (Fsp3) is 0.0800. The number of aromatic nitrogens is 1. The van der Waals surface area contributed by atoms with Gasteiger partial charge in [-0.3, -0.25) is 4.79 Å². The number of carbonyl (C=O) groups excluding carboxylic acids is 1. The number of fused-ring (bicyclic) bond motifs is 1. The quantitative estimate of drug-likeness (QED) is 0.430. The van der Waals surface area contributed by atoms with Crippen LogP contribution in [-0.4, -0.2) is 18.2 Å². The fourth-order valence-corrected chi connectivity index (χ4v) is 4.26. The highest BCUT2D eigenvalue weighted by molar-refractivity contribution is 7.84. The highest BCUT2D eigenvalue weighted by Gasteiger charge is 2.34. The normalized spacial score (nSPS) is 16.0. The van der Waals surface area contributed by atoms with Crippen molar-refractivity contribution in [3.05, 3.63) is 89.0 Å². The minimum atomic E-state index is -0.599. The minimum absolute atomic E-state index is 0.0542. The zero-order chi connectivity index (χ0) is 22.9. The summed E-state index contributed by atoms with van der Waals surface area (Å²) in [6.45, 7) is 0. The van der Waals surface area contributed by atoms with Gasteiger partial charge in [0.15, 0.2) is 5.76 Å². The van der Waals surface area contributed by atoms with E-state index < -0.39 is 12.1 Å². The molecule has 0 saturated heterocycles. The maximum absolute atomic E-state index is 12.7. The van der Waals surface area contributed by atoms with Gasteiger partial charge in [0, 0.05) is 11.3 Å². The average Bonchev–Trinajstić information content (AvgIpc) is 3.28. The molecule has 162 valence electrons. The summed E-state index contributed by atoms with van der Waals surface area (Å²) in [6, 6.07) is 24.6. The van der Waals surface area contributed by atoms with Crippen LogP contribution in [0.3, 0.4) is 0 Å². The number of rotatable bonds is 4. The van der Waals surface area contributed by atoms with Crippen molar-refractivity contribution in [3.8, 4) is 23.1 Å². The summed E-state index contributed by atoms with van der Waals surface area (Å²) < 4.78 is 10.9. The van der Waals surface area contributed by atoms with E-state index in [4.69, 9.17) is 9.26 Å². The van der Waals surface area contributed by atoms with Crippen molar-refractivity contribution in [1.82, 2.24) is 10.5 Å². The van der Waals surface area contributed by atoms with Crippen molar-refractivity contribution in [3.63, 3.8) is 0 Å². The number of nitrogens with zero attached hydrogens (tertiary/aromatic N) is 3. The van der Waals surface area contributed by atoms with Gasteiger partial charge in [-0.25, -0.2) is 0 Å². The number of anilines is 1. The summed E-state index contributed by atoms with van der Waals surface area (Å²) in [5.74, 6) is 0.857. The third-order valence-electron chi connectivity index (χ3n) is 5.52. The van der Waals surface area contributed by atoms with E-state index in [1.807, 2.05) is 78.9 Å². The van der Waals surface area contributed by atoms with Crippen LogP contribution in [0, 0.1) is 11.3 Å². The van der Waals surface area contributed by atoms with Crippen LogP contribution in [0.5, 0.6) is 5.75 Å².